The van der Waals surface area contributed by atoms with Crippen molar-refractivity contribution >= 4 is 12.2 Å². The first kappa shape index (κ1) is 13.1. The highest BCUT2D eigenvalue weighted by molar-refractivity contribution is 5.78. The molecule has 1 unspecified atom stereocenters. The van der Waals surface area contributed by atoms with Gasteiger partial charge in [0.2, 0.25) is 5.91 Å². The number of nitrogens with zero attached hydrogens (tertiary/aromatic N) is 1. The Hall–Kier alpha value is -0.860. The first-order valence-corrected chi connectivity index (χ1v) is 5.37. The van der Waals surface area contributed by atoms with Gasteiger partial charge in [0.25, 0.3) is 0 Å². The minimum Gasteiger partial charge on any atom is -0.336 e. The predicted molar refractivity (Wildman–Crippen MR) is 57.0 cm³/mol. The summed E-state index contributed by atoms with van der Waals surface area (Å²) in [7, 11) is 0. The van der Waals surface area contributed by atoms with Crippen molar-refractivity contribution in [3.8, 4) is 0 Å². The Balaban J connectivity index is 4.06. The highest BCUT2D eigenvalue weighted by Gasteiger charge is 2.14. The normalized spacial score (nSPS) is 12.2. The highest BCUT2D eigenvalue weighted by Crippen LogP contribution is 2.09. The lowest BCUT2D eigenvalue weighted by atomic mass is 10.0. The fourth-order valence-corrected chi connectivity index (χ4v) is 1.25. The first-order chi connectivity index (χ1) is 6.65. The molecule has 0 saturated heterocycles. The molecule has 0 N–H and O–H groups in total. The molecular weight excluding hydrogens is 178 g/mol. The third-order valence-electron chi connectivity index (χ3n) is 2.36. The van der Waals surface area contributed by atoms with Crippen molar-refractivity contribution < 1.29 is 9.59 Å². The zero-order valence-electron chi connectivity index (χ0n) is 9.45. The summed E-state index contributed by atoms with van der Waals surface area (Å²) in [5.41, 5.74) is 0. The van der Waals surface area contributed by atoms with Gasteiger partial charge >= 0.3 is 0 Å². The van der Waals surface area contributed by atoms with Crippen LogP contribution in [0.4, 0.5) is 0 Å². The van der Waals surface area contributed by atoms with Gasteiger partial charge in [-0.2, -0.15) is 0 Å². The Bertz CT molecular complexity index is 180. The van der Waals surface area contributed by atoms with Gasteiger partial charge in [-0.05, 0) is 12.3 Å². The van der Waals surface area contributed by atoms with Crippen molar-refractivity contribution in [3.63, 3.8) is 0 Å². The fourth-order valence-electron chi connectivity index (χ4n) is 1.25. The zero-order valence-corrected chi connectivity index (χ0v) is 9.45. The molecule has 3 nitrogen and oxygen atoms in total. The zero-order chi connectivity index (χ0) is 11.0. The standard InChI is InChI=1S/C11H21NO2/c1-4-6-12(7-8-13)11(14)9-10(3)5-2/h8,10H,4-7,9H2,1-3H3. The maximum atomic E-state index is 11.7. The third-order valence-corrected chi connectivity index (χ3v) is 2.36. The van der Waals surface area contributed by atoms with Crippen LogP contribution in [0.15, 0.2) is 0 Å². The second-order valence-electron chi connectivity index (χ2n) is 3.72. The largest absolute Gasteiger partial charge is 0.336 e. The van der Waals surface area contributed by atoms with E-state index in [4.69, 9.17) is 0 Å². The Morgan fingerprint density at radius 2 is 2.07 bits per heavy atom. The van der Waals surface area contributed by atoms with Crippen LogP contribution in [0.3, 0.4) is 0 Å². The SMILES string of the molecule is CCCN(CC=O)C(=O)CC(C)CC. The summed E-state index contributed by atoms with van der Waals surface area (Å²) in [4.78, 5) is 23.7. The fraction of sp³-hybridized carbons (Fsp3) is 0.818. The maximum absolute atomic E-state index is 11.7. The number of carbonyl (C=O) groups is 2. The molecule has 0 rings (SSSR count). The third kappa shape index (κ3) is 5.00. The van der Waals surface area contributed by atoms with Crippen LogP contribution >= 0.6 is 0 Å². The number of hydrogen-bond acceptors (Lipinski definition) is 2. The summed E-state index contributed by atoms with van der Waals surface area (Å²) >= 11 is 0. The van der Waals surface area contributed by atoms with Gasteiger partial charge in [-0.3, -0.25) is 4.79 Å². The van der Waals surface area contributed by atoms with Crippen molar-refractivity contribution in [1.82, 2.24) is 4.90 Å². The second-order valence-corrected chi connectivity index (χ2v) is 3.72. The maximum Gasteiger partial charge on any atom is 0.223 e. The van der Waals surface area contributed by atoms with Crippen LogP contribution in [0.5, 0.6) is 0 Å². The second kappa shape index (κ2) is 7.54. The molecule has 0 bridgehead atoms. The van der Waals surface area contributed by atoms with Crippen LogP contribution in [0.1, 0.15) is 40.0 Å². The Labute approximate surface area is 86.5 Å². The summed E-state index contributed by atoms with van der Waals surface area (Å²) in [5, 5.41) is 0. The van der Waals surface area contributed by atoms with Gasteiger partial charge in [0.1, 0.15) is 6.29 Å². The van der Waals surface area contributed by atoms with Crippen LogP contribution < -0.4 is 0 Å². The van der Waals surface area contributed by atoms with E-state index in [2.05, 4.69) is 13.8 Å². The molecule has 1 atom stereocenters. The van der Waals surface area contributed by atoms with Crippen molar-refractivity contribution in [2.45, 2.75) is 40.0 Å². The van der Waals surface area contributed by atoms with Gasteiger partial charge in [-0.25, -0.2) is 0 Å². The predicted octanol–water partition coefficient (Wildman–Crippen LogP) is 1.86. The van der Waals surface area contributed by atoms with Crippen molar-refractivity contribution in [2.24, 2.45) is 5.92 Å². The van der Waals surface area contributed by atoms with Crippen molar-refractivity contribution in [2.75, 3.05) is 13.1 Å². The first-order valence-electron chi connectivity index (χ1n) is 5.37. The molecular formula is C11H21NO2. The smallest absolute Gasteiger partial charge is 0.223 e. The monoisotopic (exact) mass is 199 g/mol. The van der Waals surface area contributed by atoms with E-state index in [-0.39, 0.29) is 12.5 Å². The number of hydrogen-bond donors (Lipinski definition) is 0. The van der Waals surface area contributed by atoms with Gasteiger partial charge < -0.3 is 9.69 Å². The molecule has 0 aromatic rings. The molecule has 0 aromatic heterocycles. The van der Waals surface area contributed by atoms with Gasteiger partial charge in [0, 0.05) is 13.0 Å². The van der Waals surface area contributed by atoms with Crippen LogP contribution in [0.2, 0.25) is 0 Å². The molecule has 3 heteroatoms. The average Bonchev–Trinajstić information content (AvgIpc) is 2.17. The molecule has 82 valence electrons. The van der Waals surface area contributed by atoms with E-state index < -0.39 is 0 Å². The topological polar surface area (TPSA) is 37.4 Å². The van der Waals surface area contributed by atoms with E-state index in [0.29, 0.717) is 18.9 Å². The van der Waals surface area contributed by atoms with E-state index in [9.17, 15) is 9.59 Å². The summed E-state index contributed by atoms with van der Waals surface area (Å²) < 4.78 is 0. The number of amides is 1. The van der Waals surface area contributed by atoms with Crippen molar-refractivity contribution in [1.29, 1.82) is 0 Å². The molecule has 0 heterocycles. The quantitative estimate of drug-likeness (QED) is 0.587. The van der Waals surface area contributed by atoms with Crippen LogP contribution in [0.25, 0.3) is 0 Å². The lowest BCUT2D eigenvalue weighted by Crippen LogP contribution is -2.34. The lowest BCUT2D eigenvalue weighted by molar-refractivity contribution is -0.134. The molecule has 0 fully saturated rings. The Kier molecular flexibility index (Phi) is 7.07. The highest BCUT2D eigenvalue weighted by atomic mass is 16.2. The van der Waals surface area contributed by atoms with Gasteiger partial charge in [0.15, 0.2) is 0 Å². The van der Waals surface area contributed by atoms with Crippen LogP contribution in [0, 0.1) is 5.92 Å². The molecule has 0 aliphatic rings. The minimum atomic E-state index is 0.105. The van der Waals surface area contributed by atoms with E-state index >= 15 is 0 Å². The summed E-state index contributed by atoms with van der Waals surface area (Å²) in [6.07, 6.45) is 3.27. The molecule has 1 amide bonds. The van der Waals surface area contributed by atoms with Gasteiger partial charge in [-0.1, -0.05) is 27.2 Å². The Morgan fingerprint density at radius 3 is 2.50 bits per heavy atom. The number of rotatable bonds is 7. The number of aldehydes is 1. The molecule has 0 spiro atoms. The van der Waals surface area contributed by atoms with E-state index in [1.54, 1.807) is 4.90 Å². The minimum absolute atomic E-state index is 0.105. The van der Waals surface area contributed by atoms with Gasteiger partial charge in [0.05, 0.1) is 6.54 Å². The molecule has 0 radical (unpaired) electrons. The summed E-state index contributed by atoms with van der Waals surface area (Å²) in [6, 6.07) is 0. The lowest BCUT2D eigenvalue weighted by Gasteiger charge is -2.20. The van der Waals surface area contributed by atoms with E-state index in [1.807, 2.05) is 6.92 Å². The molecule has 14 heavy (non-hydrogen) atoms. The van der Waals surface area contributed by atoms with E-state index in [1.165, 1.54) is 0 Å². The molecule has 0 saturated carbocycles. The average molecular weight is 199 g/mol. The van der Waals surface area contributed by atoms with Gasteiger partial charge in [-0.15, -0.1) is 0 Å². The van der Waals surface area contributed by atoms with Crippen LogP contribution in [-0.4, -0.2) is 30.2 Å². The molecule has 0 aliphatic heterocycles. The summed E-state index contributed by atoms with van der Waals surface area (Å²) in [5.74, 6) is 0.516. The van der Waals surface area contributed by atoms with Crippen LogP contribution in [-0.2, 0) is 9.59 Å². The van der Waals surface area contributed by atoms with E-state index in [0.717, 1.165) is 19.1 Å². The Morgan fingerprint density at radius 1 is 1.43 bits per heavy atom. The number of carbonyl (C=O) groups excluding carboxylic acids is 2. The summed E-state index contributed by atoms with van der Waals surface area (Å²) in [6.45, 7) is 7.07. The molecule has 0 aliphatic carbocycles. The van der Waals surface area contributed by atoms with Crippen molar-refractivity contribution in [3.05, 3.63) is 0 Å². The molecule has 0 aromatic carbocycles.